The van der Waals surface area contributed by atoms with Crippen LogP contribution in [-0.4, -0.2) is 24.7 Å². The first kappa shape index (κ1) is 13.1. The van der Waals surface area contributed by atoms with Crippen LogP contribution in [0.4, 0.5) is 0 Å². The van der Waals surface area contributed by atoms with Crippen molar-refractivity contribution in [3.63, 3.8) is 0 Å². The Morgan fingerprint density at radius 3 is 2.65 bits per heavy atom. The number of hydrogen-bond donors (Lipinski definition) is 0. The molecule has 0 unspecified atom stereocenters. The number of rotatable bonds is 3. The molecule has 5 nitrogen and oxygen atoms in total. The molecule has 3 rings (SSSR count). The molecule has 0 N–H and O–H groups in total. The predicted octanol–water partition coefficient (Wildman–Crippen LogP) is 3.08. The van der Waals surface area contributed by atoms with Crippen LogP contribution in [0.15, 0.2) is 52.9 Å². The van der Waals surface area contributed by atoms with E-state index in [-0.39, 0.29) is 0 Å². The molecule has 0 radical (unpaired) electrons. The van der Waals surface area contributed by atoms with Crippen LogP contribution in [0.1, 0.15) is 0 Å². The van der Waals surface area contributed by atoms with Gasteiger partial charge in [0.05, 0.1) is 0 Å². The average Bonchev–Trinajstić information content (AvgIpc) is 2.85. The van der Waals surface area contributed by atoms with Crippen molar-refractivity contribution in [1.82, 2.24) is 24.7 Å². The first-order chi connectivity index (χ1) is 9.72. The second-order valence-corrected chi connectivity index (χ2v) is 5.42. The fraction of sp³-hybridized carbons (Fsp3) is 0.0769. The number of aryl methyl sites for hydroxylation is 1. The van der Waals surface area contributed by atoms with E-state index in [0.717, 1.165) is 15.7 Å². The van der Waals surface area contributed by atoms with Gasteiger partial charge in [-0.1, -0.05) is 41.9 Å². The molecule has 0 fully saturated rings. The van der Waals surface area contributed by atoms with Gasteiger partial charge in [-0.15, -0.1) is 10.2 Å². The van der Waals surface area contributed by atoms with E-state index in [1.807, 2.05) is 41.9 Å². The molecule has 0 atom stereocenters. The first-order valence-electron chi connectivity index (χ1n) is 5.84. The van der Waals surface area contributed by atoms with Gasteiger partial charge >= 0.3 is 0 Å². The fourth-order valence-corrected chi connectivity index (χ4v) is 2.64. The molecule has 2 aromatic heterocycles. The number of benzene rings is 1. The summed E-state index contributed by atoms with van der Waals surface area (Å²) in [7, 11) is 1.88. The second-order valence-electron chi connectivity index (χ2n) is 4.05. The molecule has 2 heterocycles. The van der Waals surface area contributed by atoms with Crippen LogP contribution >= 0.6 is 23.4 Å². The summed E-state index contributed by atoms with van der Waals surface area (Å²) in [6.45, 7) is 0. The highest BCUT2D eigenvalue weighted by Crippen LogP contribution is 2.27. The number of hydrogen-bond acceptors (Lipinski definition) is 5. The maximum atomic E-state index is 6.07. The van der Waals surface area contributed by atoms with Gasteiger partial charge in [-0.05, 0) is 11.8 Å². The summed E-state index contributed by atoms with van der Waals surface area (Å²) in [6, 6.07) is 11.4. The summed E-state index contributed by atoms with van der Waals surface area (Å²) in [6.07, 6.45) is 1.64. The molecule has 100 valence electrons. The largest absolute Gasteiger partial charge is 0.311 e. The van der Waals surface area contributed by atoms with Crippen molar-refractivity contribution in [3.05, 3.63) is 47.9 Å². The number of aromatic nitrogens is 5. The Morgan fingerprint density at radius 1 is 1.15 bits per heavy atom. The van der Waals surface area contributed by atoms with Crippen molar-refractivity contribution in [2.24, 2.45) is 7.05 Å². The third-order valence-electron chi connectivity index (χ3n) is 2.57. The van der Waals surface area contributed by atoms with Gasteiger partial charge in [0, 0.05) is 18.7 Å². The highest BCUT2D eigenvalue weighted by molar-refractivity contribution is 7.99. The van der Waals surface area contributed by atoms with Crippen LogP contribution in [0.5, 0.6) is 0 Å². The van der Waals surface area contributed by atoms with Gasteiger partial charge in [-0.2, -0.15) is 0 Å². The summed E-state index contributed by atoms with van der Waals surface area (Å²) in [5.74, 6) is 0.600. The Labute approximate surface area is 125 Å². The van der Waals surface area contributed by atoms with Gasteiger partial charge in [0.1, 0.15) is 16.5 Å². The minimum absolute atomic E-state index is 0.406. The molecule has 0 bridgehead atoms. The van der Waals surface area contributed by atoms with E-state index in [2.05, 4.69) is 20.2 Å². The summed E-state index contributed by atoms with van der Waals surface area (Å²) in [4.78, 5) is 8.76. The zero-order valence-electron chi connectivity index (χ0n) is 10.6. The van der Waals surface area contributed by atoms with E-state index in [9.17, 15) is 0 Å². The van der Waals surface area contributed by atoms with E-state index in [4.69, 9.17) is 11.6 Å². The quantitative estimate of drug-likeness (QED) is 0.696. The predicted molar refractivity (Wildman–Crippen MR) is 77.6 cm³/mol. The molecule has 0 aliphatic heterocycles. The van der Waals surface area contributed by atoms with E-state index in [0.29, 0.717) is 11.0 Å². The van der Waals surface area contributed by atoms with E-state index >= 15 is 0 Å². The van der Waals surface area contributed by atoms with E-state index < -0.39 is 0 Å². The lowest BCUT2D eigenvalue weighted by atomic mass is 10.2. The van der Waals surface area contributed by atoms with Gasteiger partial charge < -0.3 is 4.57 Å². The van der Waals surface area contributed by atoms with Gasteiger partial charge in [0.2, 0.25) is 0 Å². The summed E-state index contributed by atoms with van der Waals surface area (Å²) >= 11 is 7.47. The van der Waals surface area contributed by atoms with Crippen molar-refractivity contribution in [2.45, 2.75) is 10.2 Å². The van der Waals surface area contributed by atoms with Crippen LogP contribution in [0.25, 0.3) is 11.4 Å². The van der Waals surface area contributed by atoms with Gasteiger partial charge in [0.15, 0.2) is 11.0 Å². The van der Waals surface area contributed by atoms with Crippen molar-refractivity contribution in [1.29, 1.82) is 0 Å². The summed E-state index contributed by atoms with van der Waals surface area (Å²) < 4.78 is 1.82. The van der Waals surface area contributed by atoms with Gasteiger partial charge in [0.25, 0.3) is 0 Å². The molecule has 0 saturated heterocycles. The Morgan fingerprint density at radius 2 is 1.95 bits per heavy atom. The third kappa shape index (κ3) is 2.81. The maximum Gasteiger partial charge on any atom is 0.197 e. The lowest BCUT2D eigenvalue weighted by Gasteiger charge is -2.04. The van der Waals surface area contributed by atoms with Crippen LogP contribution in [0.2, 0.25) is 5.15 Å². The first-order valence-corrected chi connectivity index (χ1v) is 7.03. The van der Waals surface area contributed by atoms with Crippen molar-refractivity contribution in [3.8, 4) is 11.4 Å². The smallest absolute Gasteiger partial charge is 0.197 e. The molecule has 20 heavy (non-hydrogen) atoms. The topological polar surface area (TPSA) is 56.5 Å². The molecule has 0 aliphatic rings. The maximum absolute atomic E-state index is 6.07. The zero-order chi connectivity index (χ0) is 13.9. The molecule has 0 amide bonds. The minimum Gasteiger partial charge on any atom is -0.311 e. The Hall–Kier alpha value is -1.92. The molecule has 0 aliphatic carbocycles. The minimum atomic E-state index is 0.406. The molecular formula is C13H10ClN5S. The SMILES string of the molecule is Cn1cnnc1Sc1cc(Cl)nc(-c2ccccc2)n1. The van der Waals surface area contributed by atoms with Crippen LogP contribution in [0, 0.1) is 0 Å². The molecule has 7 heteroatoms. The van der Waals surface area contributed by atoms with Gasteiger partial charge in [-0.25, -0.2) is 9.97 Å². The standard InChI is InChI=1S/C13H10ClN5S/c1-19-8-15-18-13(19)20-11-7-10(14)16-12(17-11)9-5-3-2-4-6-9/h2-8H,1H3. The second kappa shape index (κ2) is 5.60. The van der Waals surface area contributed by atoms with E-state index in [1.54, 1.807) is 12.4 Å². The number of halogens is 1. The zero-order valence-corrected chi connectivity index (χ0v) is 12.1. The Bertz CT molecular complexity index is 729. The highest BCUT2D eigenvalue weighted by Gasteiger charge is 2.09. The monoisotopic (exact) mass is 303 g/mol. The Balaban J connectivity index is 1.97. The van der Waals surface area contributed by atoms with Gasteiger partial charge in [-0.3, -0.25) is 0 Å². The number of nitrogens with zero attached hydrogens (tertiary/aromatic N) is 5. The normalized spacial score (nSPS) is 10.7. The fourth-order valence-electron chi connectivity index (χ4n) is 1.62. The summed E-state index contributed by atoms with van der Waals surface area (Å²) in [5.41, 5.74) is 0.926. The van der Waals surface area contributed by atoms with Crippen LogP contribution in [0.3, 0.4) is 0 Å². The molecule has 3 aromatic rings. The lowest BCUT2D eigenvalue weighted by molar-refractivity contribution is 0.787. The van der Waals surface area contributed by atoms with Crippen LogP contribution < -0.4 is 0 Å². The highest BCUT2D eigenvalue weighted by atomic mass is 35.5. The van der Waals surface area contributed by atoms with Crippen LogP contribution in [-0.2, 0) is 7.05 Å². The lowest BCUT2D eigenvalue weighted by Crippen LogP contribution is -1.94. The van der Waals surface area contributed by atoms with Crippen molar-refractivity contribution >= 4 is 23.4 Å². The van der Waals surface area contributed by atoms with Crippen molar-refractivity contribution in [2.75, 3.05) is 0 Å². The molecule has 0 saturated carbocycles. The molecular weight excluding hydrogens is 294 g/mol. The Kier molecular flexibility index (Phi) is 3.66. The average molecular weight is 304 g/mol. The van der Waals surface area contributed by atoms with Crippen molar-refractivity contribution < 1.29 is 0 Å². The summed E-state index contributed by atoms with van der Waals surface area (Å²) in [5, 5.41) is 9.74. The third-order valence-corrected chi connectivity index (χ3v) is 3.73. The van der Waals surface area contributed by atoms with E-state index in [1.165, 1.54) is 11.8 Å². The molecule has 0 spiro atoms. The molecule has 1 aromatic carbocycles.